The van der Waals surface area contributed by atoms with Gasteiger partial charge >= 0.3 is 0 Å². The van der Waals surface area contributed by atoms with Crippen molar-refractivity contribution in [2.24, 2.45) is 0 Å². The van der Waals surface area contributed by atoms with Crippen LogP contribution in [0.15, 0.2) is 90.8 Å². The maximum absolute atomic E-state index is 13.9. The molecule has 9 nitrogen and oxygen atoms in total. The smallest absolute Gasteiger partial charge is 0.234 e. The Morgan fingerprint density at radius 1 is 0.857 bits per heavy atom. The molecule has 4 N–H and O–H groups in total. The average Bonchev–Trinajstić information content (AvgIpc) is 3.49. The summed E-state index contributed by atoms with van der Waals surface area (Å²) in [5.74, 6) is -1.49. The summed E-state index contributed by atoms with van der Waals surface area (Å²) in [6.07, 6.45) is 10.4. The van der Waals surface area contributed by atoms with E-state index in [0.29, 0.717) is 30.5 Å². The van der Waals surface area contributed by atoms with Crippen molar-refractivity contribution in [3.63, 3.8) is 0 Å². The predicted octanol–water partition coefficient (Wildman–Crippen LogP) is 6.21. The lowest BCUT2D eigenvalue weighted by atomic mass is 9.87. The molecule has 3 saturated heterocycles. The summed E-state index contributed by atoms with van der Waals surface area (Å²) >= 11 is 0. The number of aromatic hydroxyl groups is 1. The van der Waals surface area contributed by atoms with Crippen LogP contribution in [0.2, 0.25) is 0 Å². The number of piperidine rings is 3. The molecule has 4 aliphatic heterocycles. The summed E-state index contributed by atoms with van der Waals surface area (Å²) in [5, 5.41) is 29.4. The predicted molar refractivity (Wildman–Crippen MR) is 189 cm³/mol. The fraction of sp³-hybridized carbons (Fsp3) is 0.333. The minimum Gasteiger partial charge on any atom is -0.504 e. The Morgan fingerprint density at radius 2 is 1.53 bits per heavy atom. The zero-order valence-corrected chi connectivity index (χ0v) is 27.4. The fourth-order valence-electron chi connectivity index (χ4n) is 7.69. The molecular weight excluding hydrogens is 619 g/mol. The van der Waals surface area contributed by atoms with Crippen molar-refractivity contribution in [1.82, 2.24) is 10.2 Å². The number of imide groups is 1. The molecule has 49 heavy (non-hydrogen) atoms. The van der Waals surface area contributed by atoms with Crippen molar-refractivity contribution in [2.75, 3.05) is 36.0 Å². The number of amides is 2. The molecule has 0 aromatic heterocycles. The van der Waals surface area contributed by atoms with Crippen molar-refractivity contribution in [3.05, 3.63) is 113 Å². The third-order valence-corrected chi connectivity index (χ3v) is 10.5. The van der Waals surface area contributed by atoms with Gasteiger partial charge in [-0.05, 0) is 111 Å². The first-order valence-electron chi connectivity index (χ1n) is 17.1. The number of allylic oxidation sites excluding steroid dienone is 2. The van der Waals surface area contributed by atoms with Gasteiger partial charge in [-0.2, -0.15) is 0 Å². The van der Waals surface area contributed by atoms with Crippen molar-refractivity contribution in [1.29, 1.82) is 10.8 Å². The van der Waals surface area contributed by atoms with E-state index in [1.807, 2.05) is 17.0 Å². The van der Waals surface area contributed by atoms with Gasteiger partial charge < -0.3 is 25.2 Å². The number of likely N-dealkylation sites (tertiary alicyclic amines) is 1. The molecule has 0 radical (unpaired) electrons. The van der Waals surface area contributed by atoms with Gasteiger partial charge in [-0.1, -0.05) is 30.3 Å². The molecule has 3 fully saturated rings. The second-order valence-electron chi connectivity index (χ2n) is 13.4. The van der Waals surface area contributed by atoms with Crippen molar-refractivity contribution < 1.29 is 19.1 Å². The third-order valence-electron chi connectivity index (χ3n) is 10.5. The van der Waals surface area contributed by atoms with Crippen LogP contribution in [0.4, 0.5) is 15.8 Å². The van der Waals surface area contributed by atoms with Gasteiger partial charge in [0.15, 0.2) is 11.6 Å². The summed E-state index contributed by atoms with van der Waals surface area (Å²) in [4.78, 5) is 30.7. The number of benzene rings is 3. The number of hydrogen-bond donors (Lipinski definition) is 4. The molecule has 7 rings (SSSR count). The van der Waals surface area contributed by atoms with Crippen LogP contribution < -0.4 is 15.1 Å². The highest BCUT2D eigenvalue weighted by Gasteiger charge is 2.31. The van der Waals surface area contributed by atoms with E-state index < -0.39 is 11.6 Å². The van der Waals surface area contributed by atoms with Gasteiger partial charge in [0.2, 0.25) is 11.8 Å². The Bertz CT molecular complexity index is 1820. The normalized spacial score (nSPS) is 21.9. The molecule has 4 aliphatic rings. The zero-order valence-electron chi connectivity index (χ0n) is 27.4. The SMILES string of the molecule is N=C1C=CN(c2ccc(C3CCN(C4CCN(c5ccc(C6CCC(=O)NC6=O)cc5)CC4)CC3)cc2)/C1=C/C(=N)c1cccc(F)c1O. The van der Waals surface area contributed by atoms with Gasteiger partial charge in [0.1, 0.15) is 0 Å². The molecule has 0 spiro atoms. The molecule has 1 unspecified atom stereocenters. The van der Waals surface area contributed by atoms with Crippen LogP contribution in [0.5, 0.6) is 5.75 Å². The first-order valence-corrected chi connectivity index (χ1v) is 17.1. The van der Waals surface area contributed by atoms with Gasteiger partial charge in [0, 0.05) is 48.7 Å². The maximum Gasteiger partial charge on any atom is 0.234 e. The number of para-hydroxylation sites is 1. The summed E-state index contributed by atoms with van der Waals surface area (Å²) in [6.45, 7) is 4.16. The second-order valence-corrected chi connectivity index (χ2v) is 13.4. The maximum atomic E-state index is 13.9. The molecule has 4 heterocycles. The van der Waals surface area contributed by atoms with Crippen molar-refractivity contribution in [3.8, 4) is 5.75 Å². The molecule has 2 amide bonds. The summed E-state index contributed by atoms with van der Waals surface area (Å²) < 4.78 is 13.9. The Hall–Kier alpha value is -5.09. The Kier molecular flexibility index (Phi) is 9.14. The summed E-state index contributed by atoms with van der Waals surface area (Å²) in [7, 11) is 0. The number of halogens is 1. The lowest BCUT2D eigenvalue weighted by molar-refractivity contribution is -0.134. The summed E-state index contributed by atoms with van der Waals surface area (Å²) in [6, 6.07) is 21.4. The lowest BCUT2D eigenvalue weighted by Crippen LogP contribution is -2.47. The Balaban J connectivity index is 0.910. The van der Waals surface area contributed by atoms with E-state index in [4.69, 9.17) is 10.8 Å². The molecule has 1 atom stereocenters. The van der Waals surface area contributed by atoms with E-state index in [1.54, 1.807) is 12.3 Å². The standard InChI is InChI=1S/C39H41FN6O3/c40-33-3-1-2-32(38(33)48)35(42)24-36-34(41)18-23-46(36)30-10-4-25(5-11-30)26-14-19-44(20-15-26)29-16-21-45(22-17-29)28-8-6-27(7-9-28)31-12-13-37(47)43-39(31)49/h1-11,18,23-24,26,29,31,41-42,48H,12-17,19-22H2,(H,43,47,49)/b36-24+,41-34?,42-35?. The minimum absolute atomic E-state index is 0.0693. The molecule has 252 valence electrons. The van der Waals surface area contributed by atoms with Crippen LogP contribution >= 0.6 is 0 Å². The number of phenols is 1. The Labute approximate surface area is 285 Å². The van der Waals surface area contributed by atoms with Crippen LogP contribution in [0.25, 0.3) is 0 Å². The first kappa shape index (κ1) is 32.5. The molecule has 3 aromatic rings. The number of hydrogen-bond acceptors (Lipinski definition) is 8. The zero-order chi connectivity index (χ0) is 34.1. The van der Waals surface area contributed by atoms with E-state index in [0.717, 1.165) is 69.2 Å². The second kappa shape index (κ2) is 13.8. The van der Waals surface area contributed by atoms with E-state index >= 15 is 0 Å². The lowest BCUT2D eigenvalue weighted by Gasteiger charge is -2.42. The van der Waals surface area contributed by atoms with Gasteiger partial charge in [-0.3, -0.25) is 20.3 Å². The largest absolute Gasteiger partial charge is 0.504 e. The van der Waals surface area contributed by atoms with E-state index in [9.17, 15) is 19.1 Å². The number of carbonyl (C=O) groups is 2. The minimum atomic E-state index is -0.781. The molecule has 10 heteroatoms. The molecule has 0 saturated carbocycles. The van der Waals surface area contributed by atoms with Gasteiger partial charge in [0.05, 0.1) is 23.0 Å². The topological polar surface area (TPSA) is 124 Å². The van der Waals surface area contributed by atoms with E-state index in [1.165, 1.54) is 29.5 Å². The number of phenolic OH excluding ortho intramolecular Hbond substituents is 1. The first-order chi connectivity index (χ1) is 23.7. The van der Waals surface area contributed by atoms with Gasteiger partial charge in [-0.15, -0.1) is 0 Å². The van der Waals surface area contributed by atoms with Crippen LogP contribution in [0, 0.1) is 16.6 Å². The molecular formula is C39H41FN6O3. The average molecular weight is 661 g/mol. The van der Waals surface area contributed by atoms with E-state index in [-0.39, 0.29) is 34.7 Å². The number of carbonyl (C=O) groups excluding carboxylic acids is 2. The monoisotopic (exact) mass is 660 g/mol. The number of rotatable bonds is 7. The van der Waals surface area contributed by atoms with Crippen LogP contribution in [0.3, 0.4) is 0 Å². The van der Waals surface area contributed by atoms with Crippen molar-refractivity contribution >= 4 is 34.6 Å². The Morgan fingerprint density at radius 3 is 2.22 bits per heavy atom. The van der Waals surface area contributed by atoms with Crippen molar-refractivity contribution in [2.45, 2.75) is 56.4 Å². The molecule has 0 aliphatic carbocycles. The van der Waals surface area contributed by atoms with Crippen LogP contribution in [-0.2, 0) is 9.59 Å². The quantitative estimate of drug-likeness (QED) is 0.177. The van der Waals surface area contributed by atoms with Gasteiger partial charge in [-0.25, -0.2) is 4.39 Å². The highest BCUT2D eigenvalue weighted by molar-refractivity contribution is 6.19. The van der Waals surface area contributed by atoms with Crippen LogP contribution in [0.1, 0.15) is 67.1 Å². The van der Waals surface area contributed by atoms with Crippen LogP contribution in [-0.4, -0.2) is 65.5 Å². The third kappa shape index (κ3) is 6.78. The summed E-state index contributed by atoms with van der Waals surface area (Å²) in [5.41, 5.74) is 5.08. The number of anilines is 2. The highest BCUT2D eigenvalue weighted by Crippen LogP contribution is 2.34. The number of nitrogens with one attached hydrogen (secondary N) is 3. The van der Waals surface area contributed by atoms with E-state index in [2.05, 4.69) is 51.5 Å². The van der Waals surface area contributed by atoms with Gasteiger partial charge in [0.25, 0.3) is 0 Å². The highest BCUT2D eigenvalue weighted by atomic mass is 19.1. The molecule has 0 bridgehead atoms. The molecule has 3 aromatic carbocycles. The number of nitrogens with zero attached hydrogens (tertiary/aromatic N) is 3. The fourth-order valence-corrected chi connectivity index (χ4v) is 7.69.